The zero-order chi connectivity index (χ0) is 23.2. The monoisotopic (exact) mass is 270 g/mol. The molecular formula is C15H21N3O. The van der Waals surface area contributed by atoms with Crippen LogP contribution in [0.3, 0.4) is 0 Å². The molecule has 0 aliphatic carbocycles. The molecule has 0 amide bonds. The molecule has 0 N–H and O–H groups in total. The molecule has 4 heteroatoms. The first kappa shape index (κ1) is 5.38. The molecule has 1 unspecified atom stereocenters. The van der Waals surface area contributed by atoms with Crippen LogP contribution in [-0.4, -0.2) is 41.8 Å². The van der Waals surface area contributed by atoms with Gasteiger partial charge in [0.15, 0.2) is 0 Å². The number of rotatable bonds is 6. The molecule has 102 valence electrons. The lowest BCUT2D eigenvalue weighted by Gasteiger charge is -2.20. The average Bonchev–Trinajstić information content (AvgIpc) is 3.03. The van der Waals surface area contributed by atoms with E-state index in [4.69, 9.17) is 19.8 Å². The number of aryl methyl sites for hydroxylation is 1. The summed E-state index contributed by atoms with van der Waals surface area (Å²) >= 11 is 0. The second-order valence-electron chi connectivity index (χ2n) is 3.77. The Hall–Kier alpha value is -1.65. The van der Waals surface area contributed by atoms with Crippen LogP contribution in [0.15, 0.2) is 42.5 Å². The van der Waals surface area contributed by atoms with E-state index >= 15 is 0 Å². The summed E-state index contributed by atoms with van der Waals surface area (Å²) in [4.78, 5) is 0.707. The van der Waals surface area contributed by atoms with E-state index in [1.165, 1.54) is 19.3 Å². The summed E-state index contributed by atoms with van der Waals surface area (Å²) in [5.41, 5.74) is -0.723. The predicted octanol–water partition coefficient (Wildman–Crippen LogP) is 2.09. The second-order valence-corrected chi connectivity index (χ2v) is 3.77. The van der Waals surface area contributed by atoms with Gasteiger partial charge in [-0.3, -0.25) is 4.68 Å². The molecule has 0 spiro atoms. The number of benzene rings is 1. The van der Waals surface area contributed by atoms with E-state index in [1.807, 2.05) is 0 Å². The van der Waals surface area contributed by atoms with Gasteiger partial charge in [-0.05, 0) is 25.7 Å². The van der Waals surface area contributed by atoms with Crippen molar-refractivity contribution in [2.45, 2.75) is 6.08 Å². The summed E-state index contributed by atoms with van der Waals surface area (Å²) in [6.07, 6.45) is -1.35. The first-order valence-electron chi connectivity index (χ1n) is 11.0. The number of hydrogen-bond donors (Lipinski definition) is 0. The smallest absolute Gasteiger partial charge is 0.124 e. The van der Waals surface area contributed by atoms with E-state index in [0.29, 0.717) is 4.90 Å². The number of nitrogens with zero attached hydrogens (tertiary/aromatic N) is 3. The maximum atomic E-state index is 8.91. The molecular weight excluding hydrogens is 238 g/mol. The van der Waals surface area contributed by atoms with Gasteiger partial charge in [0.25, 0.3) is 0 Å². The first-order valence-corrected chi connectivity index (χ1v) is 5.50. The van der Waals surface area contributed by atoms with Gasteiger partial charge in [-0.2, -0.15) is 5.10 Å². The molecule has 4 nitrogen and oxygen atoms in total. The van der Waals surface area contributed by atoms with E-state index in [-0.39, 0.29) is 5.69 Å². The summed E-state index contributed by atoms with van der Waals surface area (Å²) < 4.78 is 93.8. The van der Waals surface area contributed by atoms with Crippen molar-refractivity contribution in [3.63, 3.8) is 0 Å². The van der Waals surface area contributed by atoms with Crippen molar-refractivity contribution in [1.29, 1.82) is 0 Å². The van der Waals surface area contributed by atoms with Crippen LogP contribution in [0.5, 0.6) is 0 Å². The third-order valence-electron chi connectivity index (χ3n) is 2.26. The SMILES string of the molecule is [2H]c1c([2H])c([2H])c(C([2H])(OC([2H])([2H])CN(C)C([2H])([2H])[2H])c2ccnn2C)c([2H])c1[2H]. The molecule has 1 aromatic heterocycles. The lowest BCUT2D eigenvalue weighted by molar-refractivity contribution is 0.0638. The van der Waals surface area contributed by atoms with E-state index in [0.717, 1.165) is 11.7 Å². The van der Waals surface area contributed by atoms with Crippen molar-refractivity contribution in [3.8, 4) is 0 Å². The minimum absolute atomic E-state index is 0.110. The molecule has 0 aliphatic rings. The van der Waals surface area contributed by atoms with Crippen LogP contribution in [0.2, 0.25) is 0 Å². The Labute approximate surface area is 130 Å². The predicted molar refractivity (Wildman–Crippen MR) is 76.0 cm³/mol. The lowest BCUT2D eigenvalue weighted by Crippen LogP contribution is -2.20. The van der Waals surface area contributed by atoms with Crippen LogP contribution in [0.4, 0.5) is 0 Å². The van der Waals surface area contributed by atoms with Crippen molar-refractivity contribution in [2.24, 2.45) is 7.05 Å². The Morgan fingerprint density at radius 1 is 1.58 bits per heavy atom. The highest BCUT2D eigenvalue weighted by atomic mass is 16.5. The highest BCUT2D eigenvalue weighted by Gasteiger charge is 2.17. The highest BCUT2D eigenvalue weighted by Crippen LogP contribution is 2.25. The Kier molecular flexibility index (Phi) is 1.84. The summed E-state index contributed by atoms with van der Waals surface area (Å²) in [7, 11) is 2.57. The van der Waals surface area contributed by atoms with E-state index in [2.05, 4.69) is 5.10 Å². The Bertz CT molecular complexity index is 914. The molecule has 1 heterocycles. The van der Waals surface area contributed by atoms with Gasteiger partial charge in [0.05, 0.1) is 23.2 Å². The minimum Gasteiger partial charge on any atom is -0.366 e. The molecule has 19 heavy (non-hydrogen) atoms. The fourth-order valence-corrected chi connectivity index (χ4v) is 1.39. The number of aromatic nitrogens is 2. The maximum Gasteiger partial charge on any atom is 0.124 e. The van der Waals surface area contributed by atoms with E-state index in [1.54, 1.807) is 0 Å². The number of hydrogen-bond acceptors (Lipinski definition) is 3. The normalized spacial score (nSPS) is 24.3. The van der Waals surface area contributed by atoms with Crippen LogP contribution in [0, 0.1) is 0 Å². The van der Waals surface area contributed by atoms with E-state index < -0.39 is 61.9 Å². The van der Waals surface area contributed by atoms with Gasteiger partial charge in [0.2, 0.25) is 0 Å². The average molecular weight is 270 g/mol. The topological polar surface area (TPSA) is 30.3 Å². The molecule has 0 fully saturated rings. The maximum absolute atomic E-state index is 8.91. The third kappa shape index (κ3) is 3.66. The number of ether oxygens (including phenoxy) is 1. The molecule has 2 rings (SSSR count). The van der Waals surface area contributed by atoms with Crippen LogP contribution in [-0.2, 0) is 11.8 Å². The third-order valence-corrected chi connectivity index (χ3v) is 2.26. The van der Waals surface area contributed by atoms with E-state index in [9.17, 15) is 0 Å². The van der Waals surface area contributed by atoms with Gasteiger partial charge in [0, 0.05) is 23.9 Å². The Morgan fingerprint density at radius 3 is 3.00 bits per heavy atom. The van der Waals surface area contributed by atoms with Gasteiger partial charge in [-0.25, -0.2) is 0 Å². The molecule has 2 aromatic rings. The molecule has 1 atom stereocenters. The largest absolute Gasteiger partial charge is 0.366 e. The number of likely N-dealkylation sites (N-methyl/N-ethyl adjacent to an activating group) is 1. The van der Waals surface area contributed by atoms with Gasteiger partial charge in [-0.15, -0.1) is 0 Å². The van der Waals surface area contributed by atoms with Crippen LogP contribution in [0.25, 0.3) is 0 Å². The van der Waals surface area contributed by atoms with Gasteiger partial charge in [-0.1, -0.05) is 30.2 Å². The summed E-state index contributed by atoms with van der Waals surface area (Å²) in [6, 6.07) is -2.29. The van der Waals surface area contributed by atoms with Crippen molar-refractivity contribution < 1.29 is 19.8 Å². The molecule has 0 radical (unpaired) electrons. The van der Waals surface area contributed by atoms with Crippen molar-refractivity contribution >= 4 is 0 Å². The molecule has 0 aliphatic heterocycles. The first-order chi connectivity index (χ1) is 13.5. The second kappa shape index (κ2) is 6.50. The zero-order valence-corrected chi connectivity index (χ0v) is 10.6. The van der Waals surface area contributed by atoms with Crippen LogP contribution in [0.1, 0.15) is 32.4 Å². The van der Waals surface area contributed by atoms with Crippen molar-refractivity contribution in [2.75, 3.05) is 27.1 Å². The highest BCUT2D eigenvalue weighted by molar-refractivity contribution is 5.25. The van der Waals surface area contributed by atoms with Crippen molar-refractivity contribution in [1.82, 2.24) is 14.7 Å². The van der Waals surface area contributed by atoms with Gasteiger partial charge < -0.3 is 9.64 Å². The molecule has 0 saturated heterocycles. The van der Waals surface area contributed by atoms with Gasteiger partial charge in [0.1, 0.15) is 6.08 Å². The fraction of sp³-hybridized carbons (Fsp3) is 0.400. The van der Waals surface area contributed by atoms with Crippen molar-refractivity contribution in [3.05, 3.63) is 53.7 Å². The summed E-state index contributed by atoms with van der Waals surface area (Å²) in [6.45, 7) is -6.16. The fourth-order valence-electron chi connectivity index (χ4n) is 1.39. The Balaban J connectivity index is 2.71. The molecule has 1 aromatic carbocycles. The molecule has 0 saturated carbocycles. The summed E-state index contributed by atoms with van der Waals surface area (Å²) in [5, 5.41) is 3.90. The van der Waals surface area contributed by atoms with Gasteiger partial charge >= 0.3 is 0 Å². The van der Waals surface area contributed by atoms with Crippen LogP contribution < -0.4 is 0 Å². The minimum atomic E-state index is -2.75. The zero-order valence-electron chi connectivity index (χ0n) is 21.6. The standard InChI is InChI=1S/C15H21N3O/c1-17(2)11-12-19-15(13-7-5-4-6-8-13)14-9-10-16-18(14)3/h4-10,15H,11-12H2,1-3H3/i1D3,4D,5D,6D,7D,8D,12D2,15D. The quantitative estimate of drug-likeness (QED) is 0.805. The van der Waals surface area contributed by atoms with Crippen LogP contribution >= 0.6 is 0 Å². The summed E-state index contributed by atoms with van der Waals surface area (Å²) in [5.74, 6) is 0. The molecule has 0 bridgehead atoms. The Morgan fingerprint density at radius 2 is 2.37 bits per heavy atom. The lowest BCUT2D eigenvalue weighted by atomic mass is 10.1.